The van der Waals surface area contributed by atoms with E-state index in [-0.39, 0.29) is 5.63 Å². The van der Waals surface area contributed by atoms with Crippen LogP contribution in [-0.4, -0.2) is 0 Å². The predicted octanol–water partition coefficient (Wildman–Crippen LogP) is 4.44. The summed E-state index contributed by atoms with van der Waals surface area (Å²) in [6.07, 6.45) is 5.74. The van der Waals surface area contributed by atoms with Gasteiger partial charge < -0.3 is 8.83 Å². The molecule has 0 saturated carbocycles. The maximum atomic E-state index is 11.4. The van der Waals surface area contributed by atoms with Crippen LogP contribution >= 0.6 is 0 Å². The SMILES string of the molecule is CC(C)=CCCc1c2ccoc2cc2oc(=O)ccc12. The Balaban J connectivity index is 2.20. The van der Waals surface area contributed by atoms with Crippen LogP contribution in [0.4, 0.5) is 0 Å². The lowest BCUT2D eigenvalue weighted by Crippen LogP contribution is -1.97. The van der Waals surface area contributed by atoms with Gasteiger partial charge in [0.05, 0.1) is 6.26 Å². The number of allylic oxidation sites excluding steroid dienone is 2. The first-order valence-corrected chi connectivity index (χ1v) is 6.71. The molecule has 2 heterocycles. The highest BCUT2D eigenvalue weighted by Gasteiger charge is 2.11. The Bertz CT molecular complexity index is 845. The van der Waals surface area contributed by atoms with Crippen molar-refractivity contribution in [2.45, 2.75) is 26.7 Å². The van der Waals surface area contributed by atoms with Crippen molar-refractivity contribution in [3.63, 3.8) is 0 Å². The molecule has 1 aromatic carbocycles. The molecule has 20 heavy (non-hydrogen) atoms. The fourth-order valence-electron chi connectivity index (χ4n) is 2.51. The van der Waals surface area contributed by atoms with Crippen molar-refractivity contribution >= 4 is 21.9 Å². The van der Waals surface area contributed by atoms with Crippen LogP contribution in [0.3, 0.4) is 0 Å². The maximum absolute atomic E-state index is 11.4. The Morgan fingerprint density at radius 2 is 1.95 bits per heavy atom. The first kappa shape index (κ1) is 12.7. The van der Waals surface area contributed by atoms with Gasteiger partial charge in [0.25, 0.3) is 0 Å². The van der Waals surface area contributed by atoms with Gasteiger partial charge in [0, 0.05) is 22.9 Å². The van der Waals surface area contributed by atoms with E-state index in [0.717, 1.165) is 29.2 Å². The van der Waals surface area contributed by atoms with E-state index in [9.17, 15) is 4.79 Å². The van der Waals surface area contributed by atoms with Crippen LogP contribution in [-0.2, 0) is 6.42 Å². The van der Waals surface area contributed by atoms with Gasteiger partial charge in [-0.1, -0.05) is 11.6 Å². The smallest absolute Gasteiger partial charge is 0.336 e. The summed E-state index contributed by atoms with van der Waals surface area (Å²) in [5.41, 5.74) is 3.50. The molecule has 3 nitrogen and oxygen atoms in total. The lowest BCUT2D eigenvalue weighted by molar-refractivity contribution is 0.559. The molecule has 0 fully saturated rings. The minimum atomic E-state index is -0.335. The van der Waals surface area contributed by atoms with Crippen molar-refractivity contribution in [3.05, 3.63) is 58.2 Å². The zero-order chi connectivity index (χ0) is 14.1. The van der Waals surface area contributed by atoms with Crippen LogP contribution in [0.2, 0.25) is 0 Å². The van der Waals surface area contributed by atoms with Gasteiger partial charge in [-0.3, -0.25) is 0 Å². The number of aryl methyl sites for hydroxylation is 1. The molecule has 0 aliphatic carbocycles. The van der Waals surface area contributed by atoms with Gasteiger partial charge in [-0.15, -0.1) is 0 Å². The van der Waals surface area contributed by atoms with Crippen molar-refractivity contribution in [3.8, 4) is 0 Å². The lowest BCUT2D eigenvalue weighted by Gasteiger charge is -2.06. The number of rotatable bonds is 3. The van der Waals surface area contributed by atoms with Crippen molar-refractivity contribution in [1.82, 2.24) is 0 Å². The largest absolute Gasteiger partial charge is 0.464 e. The van der Waals surface area contributed by atoms with E-state index in [1.54, 1.807) is 12.3 Å². The highest BCUT2D eigenvalue weighted by Crippen LogP contribution is 2.29. The van der Waals surface area contributed by atoms with Gasteiger partial charge in [0.15, 0.2) is 0 Å². The molecule has 102 valence electrons. The Labute approximate surface area is 116 Å². The average Bonchev–Trinajstić information content (AvgIpc) is 2.85. The van der Waals surface area contributed by atoms with Gasteiger partial charge >= 0.3 is 5.63 Å². The molecule has 0 unspecified atom stereocenters. The number of hydrogen-bond acceptors (Lipinski definition) is 3. The summed E-state index contributed by atoms with van der Waals surface area (Å²) in [4.78, 5) is 11.4. The normalized spacial score (nSPS) is 11.1. The summed E-state index contributed by atoms with van der Waals surface area (Å²) in [7, 11) is 0. The molecule has 2 aromatic heterocycles. The molecular formula is C17H16O3. The topological polar surface area (TPSA) is 43.4 Å². The summed E-state index contributed by atoms with van der Waals surface area (Å²) in [6.45, 7) is 4.19. The molecule has 0 N–H and O–H groups in total. The standard InChI is InChI=1S/C17H16O3/c1-11(2)4-3-5-12-13-6-7-17(18)20-16(13)10-15-14(12)8-9-19-15/h4,6-10H,3,5H2,1-2H3. The molecule has 0 aliphatic rings. The summed E-state index contributed by atoms with van der Waals surface area (Å²) in [5, 5.41) is 2.08. The van der Waals surface area contributed by atoms with Crippen molar-refractivity contribution in [1.29, 1.82) is 0 Å². The van der Waals surface area contributed by atoms with Gasteiger partial charge in [-0.2, -0.15) is 0 Å². The predicted molar refractivity (Wildman–Crippen MR) is 80.0 cm³/mol. The van der Waals surface area contributed by atoms with Gasteiger partial charge in [-0.25, -0.2) is 4.79 Å². The zero-order valence-corrected chi connectivity index (χ0v) is 11.6. The maximum Gasteiger partial charge on any atom is 0.336 e. The third-order valence-corrected chi connectivity index (χ3v) is 3.42. The second kappa shape index (κ2) is 5.00. The quantitative estimate of drug-likeness (QED) is 0.521. The van der Waals surface area contributed by atoms with Crippen LogP contribution < -0.4 is 5.63 Å². The Morgan fingerprint density at radius 1 is 1.15 bits per heavy atom. The molecule has 0 radical (unpaired) electrons. The van der Waals surface area contributed by atoms with E-state index in [0.29, 0.717) is 5.58 Å². The summed E-state index contributed by atoms with van der Waals surface area (Å²) < 4.78 is 10.7. The van der Waals surface area contributed by atoms with Crippen LogP contribution in [0.1, 0.15) is 25.8 Å². The van der Waals surface area contributed by atoms with Crippen LogP contribution in [0, 0.1) is 0 Å². The zero-order valence-electron chi connectivity index (χ0n) is 11.6. The second-order valence-electron chi connectivity index (χ2n) is 5.17. The van der Waals surface area contributed by atoms with Gasteiger partial charge in [-0.05, 0) is 44.4 Å². The minimum Gasteiger partial charge on any atom is -0.464 e. The van der Waals surface area contributed by atoms with Crippen LogP contribution in [0.5, 0.6) is 0 Å². The molecule has 0 atom stereocenters. The molecule has 0 bridgehead atoms. The number of benzene rings is 1. The molecule has 3 heteroatoms. The molecular weight excluding hydrogens is 252 g/mol. The number of fused-ring (bicyclic) bond motifs is 2. The van der Waals surface area contributed by atoms with Crippen molar-refractivity contribution < 1.29 is 8.83 Å². The fourth-order valence-corrected chi connectivity index (χ4v) is 2.51. The average molecular weight is 268 g/mol. The van der Waals surface area contributed by atoms with E-state index >= 15 is 0 Å². The first-order valence-electron chi connectivity index (χ1n) is 6.71. The summed E-state index contributed by atoms with van der Waals surface area (Å²) >= 11 is 0. The first-order chi connectivity index (χ1) is 9.65. The highest BCUT2D eigenvalue weighted by molar-refractivity contribution is 5.97. The van der Waals surface area contributed by atoms with Crippen LogP contribution in [0.25, 0.3) is 21.9 Å². The van der Waals surface area contributed by atoms with Gasteiger partial charge in [0.1, 0.15) is 11.2 Å². The monoisotopic (exact) mass is 268 g/mol. The molecule has 0 spiro atoms. The van der Waals surface area contributed by atoms with Crippen molar-refractivity contribution in [2.75, 3.05) is 0 Å². The lowest BCUT2D eigenvalue weighted by atomic mass is 10.00. The fraction of sp³-hybridized carbons (Fsp3) is 0.235. The van der Waals surface area contributed by atoms with E-state index in [1.807, 2.05) is 12.1 Å². The third kappa shape index (κ3) is 2.27. The molecule has 0 saturated heterocycles. The van der Waals surface area contributed by atoms with Crippen LogP contribution in [0.15, 0.2) is 55.8 Å². The number of furan rings is 1. The van der Waals surface area contributed by atoms with Crippen molar-refractivity contribution in [2.24, 2.45) is 0 Å². The van der Waals surface area contributed by atoms with E-state index < -0.39 is 0 Å². The van der Waals surface area contributed by atoms with E-state index in [1.165, 1.54) is 17.2 Å². The number of hydrogen-bond donors (Lipinski definition) is 0. The second-order valence-corrected chi connectivity index (χ2v) is 5.17. The molecule has 0 amide bonds. The molecule has 3 aromatic rings. The summed E-state index contributed by atoms with van der Waals surface area (Å²) in [6, 6.07) is 7.07. The molecule has 0 aliphatic heterocycles. The summed E-state index contributed by atoms with van der Waals surface area (Å²) in [5.74, 6) is 0. The minimum absolute atomic E-state index is 0.335. The third-order valence-electron chi connectivity index (χ3n) is 3.42. The van der Waals surface area contributed by atoms with Gasteiger partial charge in [0.2, 0.25) is 0 Å². The van der Waals surface area contributed by atoms with E-state index in [4.69, 9.17) is 8.83 Å². The highest BCUT2D eigenvalue weighted by atomic mass is 16.4. The van der Waals surface area contributed by atoms with E-state index in [2.05, 4.69) is 19.9 Å². The Morgan fingerprint density at radius 3 is 2.75 bits per heavy atom. The Kier molecular flexibility index (Phi) is 3.18. The Hall–Kier alpha value is -2.29. The molecule has 3 rings (SSSR count).